The van der Waals surface area contributed by atoms with Gasteiger partial charge in [-0.3, -0.25) is 0 Å². The Morgan fingerprint density at radius 3 is 2.78 bits per heavy atom. The summed E-state index contributed by atoms with van der Waals surface area (Å²) in [5, 5.41) is 11.2. The van der Waals surface area contributed by atoms with Crippen molar-refractivity contribution in [3.05, 3.63) is 36.0 Å². The maximum Gasteiger partial charge on any atom is 0.334 e. The van der Waals surface area contributed by atoms with Gasteiger partial charge < -0.3 is 24.1 Å². The maximum absolute atomic E-state index is 12.6. The van der Waals surface area contributed by atoms with Gasteiger partial charge >= 0.3 is 11.9 Å². The summed E-state index contributed by atoms with van der Waals surface area (Å²) >= 11 is 0. The van der Waals surface area contributed by atoms with Crippen LogP contribution < -0.4 is 0 Å². The van der Waals surface area contributed by atoms with Crippen LogP contribution in [0, 0.1) is 17.3 Å². The fourth-order valence-electron chi connectivity index (χ4n) is 4.90. The van der Waals surface area contributed by atoms with Gasteiger partial charge in [-0.1, -0.05) is 26.2 Å². The summed E-state index contributed by atoms with van der Waals surface area (Å²) in [6, 6.07) is 0. The summed E-state index contributed by atoms with van der Waals surface area (Å²) in [5.74, 6) is -2.17. The molecule has 0 aromatic carbocycles. The Hall–Kier alpha value is -1.96. The number of rotatable bonds is 2. The van der Waals surface area contributed by atoms with E-state index >= 15 is 0 Å². The van der Waals surface area contributed by atoms with E-state index in [1.807, 2.05) is 6.92 Å². The van der Waals surface area contributed by atoms with Crippen LogP contribution in [0.5, 0.6) is 0 Å². The van der Waals surface area contributed by atoms with Gasteiger partial charge in [-0.15, -0.1) is 0 Å². The van der Waals surface area contributed by atoms with Crippen LogP contribution in [-0.4, -0.2) is 54.4 Å². The van der Waals surface area contributed by atoms with Crippen LogP contribution in [0.4, 0.5) is 0 Å². The summed E-state index contributed by atoms with van der Waals surface area (Å²) < 4.78 is 22.8. The highest BCUT2D eigenvalue weighted by molar-refractivity contribution is 5.92. The third-order valence-corrected chi connectivity index (χ3v) is 6.64. The Balaban J connectivity index is 1.82. The summed E-state index contributed by atoms with van der Waals surface area (Å²) in [4.78, 5) is 24.8. The molecule has 0 spiro atoms. The van der Waals surface area contributed by atoms with Crippen molar-refractivity contribution in [2.24, 2.45) is 17.3 Å². The van der Waals surface area contributed by atoms with Gasteiger partial charge in [-0.05, 0) is 19.4 Å². The molecule has 3 heterocycles. The lowest BCUT2D eigenvalue weighted by Crippen LogP contribution is -2.67. The van der Waals surface area contributed by atoms with Crippen LogP contribution in [0.15, 0.2) is 36.0 Å². The number of allylic oxidation sites excluding steroid dienone is 1. The van der Waals surface area contributed by atoms with Crippen molar-refractivity contribution in [3.8, 4) is 0 Å². The first-order valence-corrected chi connectivity index (χ1v) is 9.09. The van der Waals surface area contributed by atoms with Gasteiger partial charge in [0.1, 0.15) is 18.3 Å². The van der Waals surface area contributed by atoms with Gasteiger partial charge in [0, 0.05) is 22.5 Å². The Labute approximate surface area is 157 Å². The first-order valence-electron chi connectivity index (χ1n) is 9.09. The van der Waals surface area contributed by atoms with E-state index in [1.165, 1.54) is 0 Å². The van der Waals surface area contributed by atoms with E-state index in [9.17, 15) is 14.7 Å². The lowest BCUT2D eigenvalue weighted by molar-refractivity contribution is -0.234. The van der Waals surface area contributed by atoms with Crippen LogP contribution >= 0.6 is 0 Å². The van der Waals surface area contributed by atoms with Gasteiger partial charge in [-0.25, -0.2) is 9.59 Å². The quantitative estimate of drug-likeness (QED) is 0.441. The molecule has 0 aromatic rings. The Bertz CT molecular complexity index is 768. The molecular weight excluding hydrogens is 352 g/mol. The molecule has 7 nitrogen and oxygen atoms in total. The summed E-state index contributed by atoms with van der Waals surface area (Å²) in [6.07, 6.45) is -2.03. The van der Waals surface area contributed by atoms with Gasteiger partial charge in [0.2, 0.25) is 0 Å². The van der Waals surface area contributed by atoms with E-state index in [2.05, 4.69) is 13.2 Å². The molecule has 0 amide bonds. The monoisotopic (exact) mass is 376 g/mol. The van der Waals surface area contributed by atoms with Crippen molar-refractivity contribution in [1.29, 1.82) is 0 Å². The standard InChI is InChI=1S/C20H24O7/c1-6-8(2)17(22)26-14-12-9(3)18(23)27-15(12)16(21)20(5)11-7-24-19(25-11)10(4)13(14)20/h6,11-16,19,21H,3-4,7H2,1-2,5H3/b8-6+/t11-,12+,13-,14-,15-,16-,19-,20+/m1/s1. The van der Waals surface area contributed by atoms with E-state index in [0.29, 0.717) is 11.1 Å². The number of fused-ring (bicyclic) bond motifs is 5. The maximum atomic E-state index is 12.6. The average molecular weight is 376 g/mol. The summed E-state index contributed by atoms with van der Waals surface area (Å²) in [5.41, 5.74) is 0.355. The molecule has 0 unspecified atom stereocenters. The third-order valence-electron chi connectivity index (χ3n) is 6.64. The van der Waals surface area contributed by atoms with Crippen LogP contribution in [0.25, 0.3) is 0 Å². The number of carbonyl (C=O) groups excluding carboxylic acids is 2. The van der Waals surface area contributed by atoms with Crippen molar-refractivity contribution < 1.29 is 33.6 Å². The lowest BCUT2D eigenvalue weighted by atomic mass is 9.54. The van der Waals surface area contributed by atoms with Crippen molar-refractivity contribution in [1.82, 2.24) is 0 Å². The van der Waals surface area contributed by atoms with Crippen molar-refractivity contribution in [2.75, 3.05) is 6.61 Å². The second-order valence-electron chi connectivity index (χ2n) is 7.92. The predicted octanol–water partition coefficient (Wildman–Crippen LogP) is 1.27. The zero-order chi connectivity index (χ0) is 19.7. The number of hydrogen-bond donors (Lipinski definition) is 1. The molecule has 7 heteroatoms. The zero-order valence-electron chi connectivity index (χ0n) is 15.6. The highest BCUT2D eigenvalue weighted by Gasteiger charge is 2.70. The van der Waals surface area contributed by atoms with Gasteiger partial charge in [0.25, 0.3) is 0 Å². The molecule has 4 rings (SSSR count). The molecule has 1 aliphatic carbocycles. The number of aliphatic hydroxyl groups is 1. The molecule has 4 aliphatic rings. The first-order chi connectivity index (χ1) is 12.7. The van der Waals surface area contributed by atoms with E-state index in [1.54, 1.807) is 19.9 Å². The van der Waals surface area contributed by atoms with E-state index < -0.39 is 59.9 Å². The Kier molecular flexibility index (Phi) is 4.10. The minimum Gasteiger partial charge on any atom is -0.458 e. The Morgan fingerprint density at radius 1 is 1.41 bits per heavy atom. The van der Waals surface area contributed by atoms with Crippen molar-refractivity contribution in [3.63, 3.8) is 0 Å². The molecule has 1 saturated carbocycles. The molecule has 8 atom stereocenters. The number of aliphatic hydroxyl groups excluding tert-OH is 1. The lowest BCUT2D eigenvalue weighted by Gasteiger charge is -2.56. The molecule has 2 bridgehead atoms. The van der Waals surface area contributed by atoms with Crippen LogP contribution in [0.2, 0.25) is 0 Å². The number of hydrogen-bond acceptors (Lipinski definition) is 7. The molecule has 3 aliphatic heterocycles. The summed E-state index contributed by atoms with van der Waals surface area (Å²) in [6.45, 7) is 13.5. The van der Waals surface area contributed by atoms with Gasteiger partial charge in [-0.2, -0.15) is 0 Å². The molecule has 146 valence electrons. The fraction of sp³-hybridized carbons (Fsp3) is 0.600. The van der Waals surface area contributed by atoms with Crippen molar-refractivity contribution in [2.45, 2.75) is 51.5 Å². The summed E-state index contributed by atoms with van der Waals surface area (Å²) in [7, 11) is 0. The molecule has 0 radical (unpaired) electrons. The third kappa shape index (κ3) is 2.31. The Morgan fingerprint density at radius 2 is 2.11 bits per heavy atom. The minimum atomic E-state index is -1.03. The molecule has 4 fully saturated rings. The fourth-order valence-corrected chi connectivity index (χ4v) is 4.90. The SMILES string of the molecule is C=C1C(=O)O[C@@H]2[C@@H]1[C@@H](OC(=O)/C(C)=C/C)[C@H]1C(=C)[C@@H]3OC[C@@H](O3)[C@]1(C)[C@@H]2O. The van der Waals surface area contributed by atoms with Gasteiger partial charge in [0.15, 0.2) is 6.29 Å². The second kappa shape index (κ2) is 6.02. The molecule has 0 aromatic heterocycles. The molecule has 27 heavy (non-hydrogen) atoms. The largest absolute Gasteiger partial charge is 0.458 e. The second-order valence-corrected chi connectivity index (χ2v) is 7.92. The molecule has 3 saturated heterocycles. The minimum absolute atomic E-state index is 0.199. The predicted molar refractivity (Wildman–Crippen MR) is 93.2 cm³/mol. The zero-order valence-corrected chi connectivity index (χ0v) is 15.6. The van der Waals surface area contributed by atoms with Crippen LogP contribution in [0.1, 0.15) is 20.8 Å². The van der Waals surface area contributed by atoms with E-state index in [4.69, 9.17) is 18.9 Å². The van der Waals surface area contributed by atoms with E-state index in [-0.39, 0.29) is 12.2 Å². The highest BCUT2D eigenvalue weighted by atomic mass is 16.7. The van der Waals surface area contributed by atoms with Gasteiger partial charge in [0.05, 0.1) is 18.6 Å². The number of ether oxygens (including phenoxy) is 4. The molecular formula is C20H24O7. The molecule has 1 N–H and O–H groups in total. The average Bonchev–Trinajstić information content (AvgIpc) is 3.22. The highest BCUT2D eigenvalue weighted by Crippen LogP contribution is 2.59. The first kappa shape index (κ1) is 18.4. The smallest absolute Gasteiger partial charge is 0.334 e. The normalized spacial score (nSPS) is 46.0. The number of esters is 2. The van der Waals surface area contributed by atoms with Crippen molar-refractivity contribution >= 4 is 11.9 Å². The topological polar surface area (TPSA) is 91.3 Å². The van der Waals surface area contributed by atoms with Crippen LogP contribution in [0.3, 0.4) is 0 Å². The van der Waals surface area contributed by atoms with E-state index in [0.717, 1.165) is 0 Å². The number of carbonyl (C=O) groups is 2. The van der Waals surface area contributed by atoms with Crippen LogP contribution in [-0.2, 0) is 28.5 Å².